The monoisotopic (exact) mass is 475 g/mol. The largest absolute Gasteiger partial charge is 1.00 e. The van der Waals surface area contributed by atoms with Crippen LogP contribution in [0.1, 0.15) is 40.2 Å². The standard InChI is InChI=1S/C22H17N3O6S.Na.H/c1-11(26)24-12-6-8-13(9-7-12)25-16-10-17(32(29,30)31)20(23)19-18(16)21(27)14-4-2-3-5-15(14)22(19)28;;/h2-10,25H,23H2,1H3,(H,24,26)(H,29,30,31);;/q;+1;-1. The Hall–Kier alpha value is -3.02. The molecule has 0 spiro atoms. The SMILES string of the molecule is CC(=O)Nc1ccc(Nc2cc(S(=O)(=O)O)c(N)c3c2C(=O)c2ccccc2C3=O)cc1.[H-].[Na+]. The Labute approximate surface area is 212 Å². The van der Waals surface area contributed by atoms with Crippen molar-refractivity contribution < 1.29 is 58.3 Å². The van der Waals surface area contributed by atoms with E-state index in [-0.39, 0.29) is 64.8 Å². The Balaban J connectivity index is 0.00000204. The molecule has 0 unspecified atom stereocenters. The molecule has 9 nitrogen and oxygen atoms in total. The van der Waals surface area contributed by atoms with Crippen molar-refractivity contribution in [2.45, 2.75) is 11.8 Å². The van der Waals surface area contributed by atoms with Gasteiger partial charge in [-0.3, -0.25) is 18.9 Å². The summed E-state index contributed by atoms with van der Waals surface area (Å²) in [5.41, 5.74) is 6.27. The third-order valence-electron chi connectivity index (χ3n) is 4.96. The number of carbonyl (C=O) groups is 3. The number of anilines is 4. The van der Waals surface area contributed by atoms with Crippen molar-refractivity contribution in [3.63, 3.8) is 0 Å². The third kappa shape index (κ3) is 4.56. The van der Waals surface area contributed by atoms with Crippen LogP contribution in [0.2, 0.25) is 0 Å². The van der Waals surface area contributed by atoms with Crippen LogP contribution in [0.4, 0.5) is 22.7 Å². The second-order valence-corrected chi connectivity index (χ2v) is 8.54. The van der Waals surface area contributed by atoms with Gasteiger partial charge in [0.2, 0.25) is 5.91 Å². The van der Waals surface area contributed by atoms with Crippen LogP contribution in [0, 0.1) is 0 Å². The van der Waals surface area contributed by atoms with Gasteiger partial charge in [-0.15, -0.1) is 0 Å². The summed E-state index contributed by atoms with van der Waals surface area (Å²) >= 11 is 0. The molecule has 5 N–H and O–H groups in total. The smallest absolute Gasteiger partial charge is 1.00 e. The minimum absolute atomic E-state index is 0. The number of amides is 1. The van der Waals surface area contributed by atoms with Gasteiger partial charge in [-0.25, -0.2) is 0 Å². The van der Waals surface area contributed by atoms with Crippen LogP contribution in [0.25, 0.3) is 0 Å². The zero-order valence-electron chi connectivity index (χ0n) is 18.7. The average molecular weight is 475 g/mol. The first-order chi connectivity index (χ1) is 15.1. The summed E-state index contributed by atoms with van der Waals surface area (Å²) in [7, 11) is -4.80. The molecule has 164 valence electrons. The van der Waals surface area contributed by atoms with Crippen LogP contribution in [0.5, 0.6) is 0 Å². The molecule has 3 aromatic rings. The predicted molar refractivity (Wildman–Crippen MR) is 119 cm³/mol. The maximum absolute atomic E-state index is 13.2. The number of fused-ring (bicyclic) bond motifs is 2. The van der Waals surface area contributed by atoms with E-state index in [0.29, 0.717) is 11.4 Å². The summed E-state index contributed by atoms with van der Waals surface area (Å²) in [6.45, 7) is 1.37. The van der Waals surface area contributed by atoms with E-state index >= 15 is 0 Å². The van der Waals surface area contributed by atoms with Gasteiger partial charge in [0.1, 0.15) is 4.90 Å². The molecule has 0 aromatic heterocycles. The van der Waals surface area contributed by atoms with E-state index in [1.165, 1.54) is 19.1 Å². The van der Waals surface area contributed by atoms with Crippen molar-refractivity contribution in [3.8, 4) is 0 Å². The minimum atomic E-state index is -4.80. The maximum atomic E-state index is 13.2. The summed E-state index contributed by atoms with van der Waals surface area (Å²) < 4.78 is 33.5. The van der Waals surface area contributed by atoms with E-state index in [9.17, 15) is 27.4 Å². The molecule has 0 fully saturated rings. The van der Waals surface area contributed by atoms with Crippen molar-refractivity contribution >= 4 is 50.3 Å². The molecule has 11 heteroatoms. The summed E-state index contributed by atoms with van der Waals surface area (Å²) in [4.78, 5) is 36.9. The Bertz CT molecular complexity index is 1430. The quantitative estimate of drug-likeness (QED) is 0.184. The van der Waals surface area contributed by atoms with Crippen molar-refractivity contribution in [1.29, 1.82) is 0 Å². The second-order valence-electron chi connectivity index (χ2n) is 7.15. The van der Waals surface area contributed by atoms with Crippen molar-refractivity contribution in [1.82, 2.24) is 0 Å². The predicted octanol–water partition coefficient (Wildman–Crippen LogP) is 0.109. The Morgan fingerprint density at radius 2 is 1.45 bits per heavy atom. The zero-order chi connectivity index (χ0) is 23.2. The second kappa shape index (κ2) is 9.08. The van der Waals surface area contributed by atoms with Crippen LogP contribution >= 0.6 is 0 Å². The molecule has 0 saturated heterocycles. The van der Waals surface area contributed by atoms with Crippen LogP contribution in [-0.2, 0) is 14.9 Å². The Morgan fingerprint density at radius 1 is 0.939 bits per heavy atom. The van der Waals surface area contributed by atoms with Crippen LogP contribution in [0.15, 0.2) is 59.5 Å². The van der Waals surface area contributed by atoms with Crippen molar-refractivity contribution in [2.75, 3.05) is 16.4 Å². The van der Waals surface area contributed by atoms with Gasteiger partial charge in [-0.2, -0.15) is 8.42 Å². The normalized spacial score (nSPS) is 12.3. The van der Waals surface area contributed by atoms with Gasteiger partial charge in [0.25, 0.3) is 10.1 Å². The van der Waals surface area contributed by atoms with Crippen molar-refractivity contribution in [3.05, 3.63) is 76.9 Å². The molecule has 0 aliphatic heterocycles. The number of ketones is 2. The van der Waals surface area contributed by atoms with E-state index in [1.54, 1.807) is 36.4 Å². The molecule has 0 heterocycles. The Morgan fingerprint density at radius 3 is 1.97 bits per heavy atom. The Kier molecular flexibility index (Phi) is 6.78. The number of nitrogens with one attached hydrogen (secondary N) is 2. The third-order valence-corrected chi connectivity index (χ3v) is 5.86. The van der Waals surface area contributed by atoms with Gasteiger partial charge in [-0.05, 0) is 30.3 Å². The van der Waals surface area contributed by atoms with Gasteiger partial charge in [-0.1, -0.05) is 24.3 Å². The molecule has 1 amide bonds. The number of benzene rings is 3. The fourth-order valence-corrected chi connectivity index (χ4v) is 4.25. The molecule has 33 heavy (non-hydrogen) atoms. The van der Waals surface area contributed by atoms with E-state index in [2.05, 4.69) is 10.6 Å². The summed E-state index contributed by atoms with van der Waals surface area (Å²) in [5, 5.41) is 5.53. The molecular weight excluding hydrogens is 457 g/mol. The minimum Gasteiger partial charge on any atom is -1.00 e. The molecule has 0 radical (unpaired) electrons. The zero-order valence-corrected chi connectivity index (χ0v) is 20.5. The number of rotatable bonds is 4. The van der Waals surface area contributed by atoms with Gasteiger partial charge < -0.3 is 17.8 Å². The molecule has 4 rings (SSSR count). The number of hydrogen-bond donors (Lipinski definition) is 4. The first-order valence-electron chi connectivity index (χ1n) is 9.35. The molecular formula is C22H18N3NaO6S. The van der Waals surface area contributed by atoms with Crippen molar-refractivity contribution in [2.24, 2.45) is 0 Å². The number of nitrogen functional groups attached to an aromatic ring is 1. The number of carbonyl (C=O) groups excluding carboxylic acids is 3. The topological polar surface area (TPSA) is 156 Å². The van der Waals surface area contributed by atoms with E-state index in [0.717, 1.165) is 6.07 Å². The van der Waals surface area contributed by atoms with E-state index in [4.69, 9.17) is 5.73 Å². The molecule has 1 aliphatic carbocycles. The first-order valence-corrected chi connectivity index (χ1v) is 10.8. The number of nitrogens with two attached hydrogens (primary N) is 1. The van der Waals surface area contributed by atoms with Gasteiger partial charge in [0, 0.05) is 29.4 Å². The van der Waals surface area contributed by atoms with Gasteiger partial charge in [0.05, 0.1) is 22.5 Å². The number of hydrogen-bond acceptors (Lipinski definition) is 7. The molecule has 0 atom stereocenters. The summed E-state index contributed by atoms with van der Waals surface area (Å²) in [5.74, 6) is -1.39. The van der Waals surface area contributed by atoms with Gasteiger partial charge >= 0.3 is 29.6 Å². The van der Waals surface area contributed by atoms with Crippen LogP contribution < -0.4 is 45.9 Å². The molecule has 3 aromatic carbocycles. The average Bonchev–Trinajstić information content (AvgIpc) is 2.73. The summed E-state index contributed by atoms with van der Waals surface area (Å²) in [6, 6.07) is 13.5. The van der Waals surface area contributed by atoms with Crippen LogP contribution in [0.3, 0.4) is 0 Å². The fraction of sp³-hybridized carbons (Fsp3) is 0.0455. The van der Waals surface area contributed by atoms with E-state index in [1.807, 2.05) is 0 Å². The molecule has 0 bridgehead atoms. The maximum Gasteiger partial charge on any atom is 1.00 e. The fourth-order valence-electron chi connectivity index (χ4n) is 3.60. The molecule has 0 saturated carbocycles. The first kappa shape index (κ1) is 24.6. The van der Waals surface area contributed by atoms with Gasteiger partial charge in [0.15, 0.2) is 11.6 Å². The van der Waals surface area contributed by atoms with E-state index < -0.39 is 32.3 Å². The summed E-state index contributed by atoms with van der Waals surface area (Å²) in [6.07, 6.45) is 0. The molecule has 1 aliphatic rings. The van der Waals surface area contributed by atoms with Crippen LogP contribution in [-0.4, -0.2) is 30.4 Å².